The van der Waals surface area contributed by atoms with E-state index in [2.05, 4.69) is 0 Å². The third kappa shape index (κ3) is 3.03. The quantitative estimate of drug-likeness (QED) is 0.746. The number of rotatable bonds is 4. The van der Waals surface area contributed by atoms with Gasteiger partial charge in [0.25, 0.3) is 0 Å². The second kappa shape index (κ2) is 4.84. The average molecular weight is 230 g/mol. The maximum Gasteiger partial charge on any atom is 0.205 e. The minimum atomic E-state index is -2.99. The molecule has 1 aromatic carbocycles. The van der Waals surface area contributed by atoms with E-state index in [1.165, 1.54) is 0 Å². The van der Waals surface area contributed by atoms with Crippen molar-refractivity contribution < 1.29 is 8.42 Å². The molecule has 0 aliphatic rings. The Kier molecular flexibility index (Phi) is 4.01. The summed E-state index contributed by atoms with van der Waals surface area (Å²) in [6.45, 7) is 3.69. The van der Waals surface area contributed by atoms with Gasteiger partial charge in [-0.1, -0.05) is 32.0 Å². The first kappa shape index (κ1) is 11.6. The highest BCUT2D eigenvalue weighted by molar-refractivity contribution is 8.72. The molecule has 0 aliphatic heterocycles. The molecule has 14 heavy (non-hydrogen) atoms. The summed E-state index contributed by atoms with van der Waals surface area (Å²) in [6, 6.07) is 7.62. The van der Waals surface area contributed by atoms with Crippen molar-refractivity contribution in [2.75, 3.05) is 5.75 Å². The van der Waals surface area contributed by atoms with Gasteiger partial charge in [-0.3, -0.25) is 0 Å². The summed E-state index contributed by atoms with van der Waals surface area (Å²) < 4.78 is 22.8. The van der Waals surface area contributed by atoms with Crippen LogP contribution in [0.2, 0.25) is 0 Å². The molecule has 0 heterocycles. The molecule has 0 aromatic heterocycles. The van der Waals surface area contributed by atoms with Gasteiger partial charge in [0.15, 0.2) is 0 Å². The van der Waals surface area contributed by atoms with Crippen LogP contribution in [0.4, 0.5) is 0 Å². The van der Waals surface area contributed by atoms with Gasteiger partial charge in [0.05, 0.1) is 5.75 Å². The monoisotopic (exact) mass is 230 g/mol. The normalized spacial score (nSPS) is 11.6. The summed E-state index contributed by atoms with van der Waals surface area (Å²) in [6.07, 6.45) is 0.863. The SMILES string of the molecule is CCc1ccccc1SS(=O)(=O)CC. The lowest BCUT2D eigenvalue weighted by Crippen LogP contribution is -1.97. The summed E-state index contributed by atoms with van der Waals surface area (Å²) in [7, 11) is -2.02. The first-order valence-electron chi connectivity index (χ1n) is 4.59. The Morgan fingerprint density at radius 2 is 1.86 bits per heavy atom. The maximum absolute atomic E-state index is 11.4. The van der Waals surface area contributed by atoms with Gasteiger partial charge in [0.1, 0.15) is 0 Å². The highest BCUT2D eigenvalue weighted by Crippen LogP contribution is 2.28. The van der Waals surface area contributed by atoms with Crippen molar-refractivity contribution in [3.63, 3.8) is 0 Å². The van der Waals surface area contributed by atoms with E-state index in [4.69, 9.17) is 0 Å². The van der Waals surface area contributed by atoms with Crippen LogP contribution in [0.1, 0.15) is 19.4 Å². The molecule has 0 spiro atoms. The van der Waals surface area contributed by atoms with Gasteiger partial charge in [-0.25, -0.2) is 8.42 Å². The minimum Gasteiger partial charge on any atom is -0.217 e. The van der Waals surface area contributed by atoms with E-state index in [0.29, 0.717) is 0 Å². The predicted octanol–water partition coefficient (Wildman–Crippen LogP) is 2.69. The molecule has 78 valence electrons. The molecule has 0 radical (unpaired) electrons. The van der Waals surface area contributed by atoms with Crippen LogP contribution < -0.4 is 0 Å². The van der Waals surface area contributed by atoms with E-state index in [0.717, 1.165) is 27.7 Å². The molecule has 0 bridgehead atoms. The Bertz CT molecular complexity index is 396. The first-order valence-corrected chi connectivity index (χ1v) is 7.57. The molecular weight excluding hydrogens is 216 g/mol. The van der Waals surface area contributed by atoms with Gasteiger partial charge < -0.3 is 0 Å². The minimum absolute atomic E-state index is 0.176. The van der Waals surface area contributed by atoms with Crippen LogP contribution in [0.3, 0.4) is 0 Å². The fourth-order valence-electron chi connectivity index (χ4n) is 1.07. The van der Waals surface area contributed by atoms with Gasteiger partial charge in [0, 0.05) is 15.7 Å². The zero-order valence-corrected chi connectivity index (χ0v) is 9.99. The lowest BCUT2D eigenvalue weighted by molar-refractivity contribution is 0.611. The lowest BCUT2D eigenvalue weighted by atomic mass is 10.2. The molecule has 4 heteroatoms. The second-order valence-electron chi connectivity index (χ2n) is 2.89. The Morgan fingerprint density at radius 1 is 1.21 bits per heavy atom. The van der Waals surface area contributed by atoms with Crippen LogP contribution in [0.15, 0.2) is 29.2 Å². The van der Waals surface area contributed by atoms with Crippen molar-refractivity contribution in [1.82, 2.24) is 0 Å². The number of benzene rings is 1. The van der Waals surface area contributed by atoms with E-state index in [1.54, 1.807) is 6.92 Å². The number of hydrogen-bond acceptors (Lipinski definition) is 3. The summed E-state index contributed by atoms with van der Waals surface area (Å²) >= 11 is 0. The van der Waals surface area contributed by atoms with Crippen molar-refractivity contribution in [3.05, 3.63) is 29.8 Å². The summed E-state index contributed by atoms with van der Waals surface area (Å²) in [5, 5.41) is 0. The molecule has 0 aliphatic carbocycles. The fourth-order valence-corrected chi connectivity index (χ4v) is 3.58. The van der Waals surface area contributed by atoms with E-state index in [1.807, 2.05) is 31.2 Å². The van der Waals surface area contributed by atoms with E-state index >= 15 is 0 Å². The molecule has 0 unspecified atom stereocenters. The Morgan fingerprint density at radius 3 is 2.43 bits per heavy atom. The molecule has 0 amide bonds. The van der Waals surface area contributed by atoms with Gasteiger partial charge in [-0.05, 0) is 18.1 Å². The molecule has 0 fully saturated rings. The maximum atomic E-state index is 11.4. The summed E-state index contributed by atoms with van der Waals surface area (Å²) in [5.41, 5.74) is 1.09. The lowest BCUT2D eigenvalue weighted by Gasteiger charge is -2.05. The van der Waals surface area contributed by atoms with E-state index in [-0.39, 0.29) is 5.75 Å². The number of aryl methyl sites for hydroxylation is 1. The molecule has 0 saturated carbocycles. The number of hydrogen-bond donors (Lipinski definition) is 0. The molecule has 1 aromatic rings. The molecule has 0 saturated heterocycles. The van der Waals surface area contributed by atoms with Gasteiger partial charge in [-0.2, -0.15) is 0 Å². The molecular formula is C10H14O2S2. The standard InChI is InChI=1S/C10H14O2S2/c1-3-9-7-5-6-8-10(9)13-14(11,12)4-2/h5-8H,3-4H2,1-2H3. The zero-order valence-electron chi connectivity index (χ0n) is 8.36. The van der Waals surface area contributed by atoms with Crippen LogP contribution in [0.25, 0.3) is 0 Å². The van der Waals surface area contributed by atoms with Gasteiger partial charge in [-0.15, -0.1) is 0 Å². The van der Waals surface area contributed by atoms with Crippen molar-refractivity contribution in [1.29, 1.82) is 0 Å². The molecule has 0 N–H and O–H groups in total. The third-order valence-corrected chi connectivity index (χ3v) is 5.47. The predicted molar refractivity (Wildman–Crippen MR) is 61.1 cm³/mol. The molecule has 1 rings (SSSR count). The van der Waals surface area contributed by atoms with Crippen LogP contribution >= 0.6 is 10.8 Å². The van der Waals surface area contributed by atoms with Crippen LogP contribution in [0, 0.1) is 0 Å². The summed E-state index contributed by atoms with van der Waals surface area (Å²) in [5.74, 6) is 0.176. The fraction of sp³-hybridized carbons (Fsp3) is 0.400. The average Bonchev–Trinajstić information content (AvgIpc) is 2.18. The molecule has 0 atom stereocenters. The van der Waals surface area contributed by atoms with Crippen LogP contribution in [-0.2, 0) is 15.3 Å². The summed E-state index contributed by atoms with van der Waals surface area (Å²) in [4.78, 5) is 0.858. The van der Waals surface area contributed by atoms with E-state index in [9.17, 15) is 8.42 Å². The zero-order chi connectivity index (χ0) is 10.6. The Hall–Kier alpha value is -0.480. The van der Waals surface area contributed by atoms with Crippen molar-refractivity contribution in [2.24, 2.45) is 0 Å². The van der Waals surface area contributed by atoms with Crippen LogP contribution in [-0.4, -0.2) is 14.2 Å². The van der Waals surface area contributed by atoms with Crippen molar-refractivity contribution in [2.45, 2.75) is 25.2 Å². The van der Waals surface area contributed by atoms with Gasteiger partial charge >= 0.3 is 0 Å². The van der Waals surface area contributed by atoms with Crippen LogP contribution in [0.5, 0.6) is 0 Å². The smallest absolute Gasteiger partial charge is 0.205 e. The Balaban J connectivity index is 2.97. The van der Waals surface area contributed by atoms with Gasteiger partial charge in [0.2, 0.25) is 8.87 Å². The van der Waals surface area contributed by atoms with E-state index < -0.39 is 8.87 Å². The Labute approximate surface area is 89.0 Å². The third-order valence-electron chi connectivity index (χ3n) is 1.92. The topological polar surface area (TPSA) is 34.1 Å². The molecule has 2 nitrogen and oxygen atoms in total. The van der Waals surface area contributed by atoms with Crippen molar-refractivity contribution >= 4 is 19.7 Å². The largest absolute Gasteiger partial charge is 0.217 e. The first-order chi connectivity index (χ1) is 6.59. The highest BCUT2D eigenvalue weighted by atomic mass is 33.1. The highest BCUT2D eigenvalue weighted by Gasteiger charge is 2.11. The van der Waals surface area contributed by atoms with Crippen molar-refractivity contribution in [3.8, 4) is 0 Å². The second-order valence-corrected chi connectivity index (χ2v) is 7.21.